The predicted molar refractivity (Wildman–Crippen MR) is 119 cm³/mol. The summed E-state index contributed by atoms with van der Waals surface area (Å²) < 4.78 is 5.14. The first-order chi connectivity index (χ1) is 14.9. The molecule has 5 N–H and O–H groups in total. The average molecular weight is 447 g/mol. The second-order valence-corrected chi connectivity index (χ2v) is 9.17. The number of ether oxygens (including phenoxy) is 1. The number of carbonyl (C=O) groups is 1. The number of Topliss-reactive ketones (excluding diaryl/α,β-unsaturated/α-hetero) is 1. The van der Waals surface area contributed by atoms with E-state index in [4.69, 9.17) is 4.74 Å². The zero-order valence-electron chi connectivity index (χ0n) is 19.4. The molecule has 7 nitrogen and oxygen atoms in total. The van der Waals surface area contributed by atoms with Crippen molar-refractivity contribution < 1.29 is 35.1 Å². The zero-order chi connectivity index (χ0) is 23.1. The molecule has 5 atom stereocenters. The van der Waals surface area contributed by atoms with Gasteiger partial charge in [0, 0.05) is 6.42 Å². The summed E-state index contributed by atoms with van der Waals surface area (Å²) in [4.78, 5) is 12.2. The molecule has 0 saturated carbocycles. The van der Waals surface area contributed by atoms with E-state index in [1.807, 2.05) is 0 Å². The maximum atomic E-state index is 12.2. The molecule has 31 heavy (non-hydrogen) atoms. The van der Waals surface area contributed by atoms with Crippen LogP contribution in [0.5, 0.6) is 0 Å². The van der Waals surface area contributed by atoms with Gasteiger partial charge in [0.05, 0.1) is 13.0 Å². The zero-order valence-corrected chi connectivity index (χ0v) is 19.4. The molecular formula is C24H46O7. The number of hydrogen-bond acceptors (Lipinski definition) is 7. The van der Waals surface area contributed by atoms with Crippen LogP contribution in [0, 0.1) is 0 Å². The van der Waals surface area contributed by atoms with Gasteiger partial charge in [-0.15, -0.1) is 0 Å². The minimum absolute atomic E-state index is 0.263. The van der Waals surface area contributed by atoms with Crippen LogP contribution in [0.25, 0.3) is 0 Å². The lowest BCUT2D eigenvalue weighted by molar-refractivity contribution is -0.347. The van der Waals surface area contributed by atoms with Crippen molar-refractivity contribution in [3.63, 3.8) is 0 Å². The molecule has 1 fully saturated rings. The maximum Gasteiger partial charge on any atom is 0.202 e. The minimum atomic E-state index is -2.29. The van der Waals surface area contributed by atoms with E-state index in [0.29, 0.717) is 6.42 Å². The Labute approximate surface area is 187 Å². The number of carbonyl (C=O) groups excluding carboxylic acids is 1. The minimum Gasteiger partial charge on any atom is -0.394 e. The van der Waals surface area contributed by atoms with Crippen LogP contribution >= 0.6 is 0 Å². The van der Waals surface area contributed by atoms with Crippen molar-refractivity contribution in [3.8, 4) is 0 Å². The number of unbranched alkanes of at least 4 members (excludes halogenated alkanes) is 13. The van der Waals surface area contributed by atoms with Gasteiger partial charge in [-0.2, -0.15) is 0 Å². The van der Waals surface area contributed by atoms with Crippen LogP contribution in [0.4, 0.5) is 0 Å². The summed E-state index contributed by atoms with van der Waals surface area (Å²) >= 11 is 0. The van der Waals surface area contributed by atoms with Crippen molar-refractivity contribution in [3.05, 3.63) is 0 Å². The number of ketones is 1. The molecule has 0 bridgehead atoms. The first-order valence-electron chi connectivity index (χ1n) is 12.4. The maximum absolute atomic E-state index is 12.2. The van der Waals surface area contributed by atoms with E-state index in [1.165, 1.54) is 70.6 Å². The summed E-state index contributed by atoms with van der Waals surface area (Å²) in [5.41, 5.74) is 0. The second kappa shape index (κ2) is 16.1. The molecule has 0 radical (unpaired) electrons. The highest BCUT2D eigenvalue weighted by atomic mass is 16.7. The number of rotatable bonds is 18. The summed E-state index contributed by atoms with van der Waals surface area (Å²) in [5.74, 6) is -2.57. The predicted octanol–water partition coefficient (Wildman–Crippen LogP) is 2.98. The van der Waals surface area contributed by atoms with Gasteiger partial charge in [0.25, 0.3) is 0 Å². The lowest BCUT2D eigenvalue weighted by atomic mass is 9.89. The van der Waals surface area contributed by atoms with Crippen molar-refractivity contribution in [2.75, 3.05) is 6.61 Å². The molecule has 0 spiro atoms. The molecule has 184 valence electrons. The molecule has 0 aromatic carbocycles. The van der Waals surface area contributed by atoms with E-state index in [1.54, 1.807) is 0 Å². The topological polar surface area (TPSA) is 127 Å². The molecule has 1 aliphatic rings. The molecule has 0 unspecified atom stereocenters. The Morgan fingerprint density at radius 2 is 1.23 bits per heavy atom. The Bertz CT molecular complexity index is 471. The van der Waals surface area contributed by atoms with Gasteiger partial charge < -0.3 is 30.3 Å². The normalized spacial score (nSPS) is 28.7. The highest BCUT2D eigenvalue weighted by Crippen LogP contribution is 2.31. The fraction of sp³-hybridized carbons (Fsp3) is 0.958. The molecule has 1 saturated heterocycles. The monoisotopic (exact) mass is 446 g/mol. The van der Waals surface area contributed by atoms with Gasteiger partial charge in [-0.25, -0.2) is 0 Å². The van der Waals surface area contributed by atoms with Crippen LogP contribution < -0.4 is 0 Å². The SMILES string of the molecule is CCCCCCCCCCCCCCCCC(=O)C[C@]1(O)O[C@H](CO)[C@H](O)[C@H](O)[C@H]1O. The van der Waals surface area contributed by atoms with E-state index in [-0.39, 0.29) is 12.2 Å². The van der Waals surface area contributed by atoms with Crippen LogP contribution in [0.2, 0.25) is 0 Å². The lowest BCUT2D eigenvalue weighted by Crippen LogP contribution is -2.65. The van der Waals surface area contributed by atoms with Crippen molar-refractivity contribution in [1.29, 1.82) is 0 Å². The average Bonchev–Trinajstić information content (AvgIpc) is 2.75. The fourth-order valence-electron chi connectivity index (χ4n) is 4.25. The van der Waals surface area contributed by atoms with Gasteiger partial charge in [0.15, 0.2) is 0 Å². The molecule has 0 aliphatic carbocycles. The van der Waals surface area contributed by atoms with E-state index in [0.717, 1.165) is 12.8 Å². The van der Waals surface area contributed by atoms with Gasteiger partial charge >= 0.3 is 0 Å². The quantitative estimate of drug-likeness (QED) is 0.205. The second-order valence-electron chi connectivity index (χ2n) is 9.17. The van der Waals surface area contributed by atoms with E-state index in [9.17, 15) is 30.3 Å². The molecule has 7 heteroatoms. The third-order valence-corrected chi connectivity index (χ3v) is 6.31. The molecule has 0 aromatic heterocycles. The summed E-state index contributed by atoms with van der Waals surface area (Å²) in [5, 5.41) is 49.2. The third kappa shape index (κ3) is 10.7. The highest BCUT2D eigenvalue weighted by Gasteiger charge is 2.53. The lowest BCUT2D eigenvalue weighted by Gasteiger charge is -2.45. The molecule has 1 aliphatic heterocycles. The Morgan fingerprint density at radius 3 is 1.68 bits per heavy atom. The van der Waals surface area contributed by atoms with Crippen LogP contribution in [-0.4, -0.2) is 68.1 Å². The summed E-state index contributed by atoms with van der Waals surface area (Å²) in [6, 6.07) is 0. The smallest absolute Gasteiger partial charge is 0.202 e. The molecule has 0 amide bonds. The number of aliphatic hydroxyl groups excluding tert-OH is 4. The first kappa shape index (κ1) is 28.5. The van der Waals surface area contributed by atoms with Gasteiger partial charge in [-0.1, -0.05) is 90.4 Å². The van der Waals surface area contributed by atoms with E-state index >= 15 is 0 Å². The number of hydrogen-bond donors (Lipinski definition) is 5. The third-order valence-electron chi connectivity index (χ3n) is 6.31. The van der Waals surface area contributed by atoms with E-state index in [2.05, 4.69) is 6.92 Å². The van der Waals surface area contributed by atoms with Crippen molar-refractivity contribution >= 4 is 5.78 Å². The number of aliphatic hydroxyl groups is 5. The first-order valence-corrected chi connectivity index (χ1v) is 12.4. The van der Waals surface area contributed by atoms with Gasteiger partial charge in [-0.05, 0) is 6.42 Å². The molecule has 1 heterocycles. The van der Waals surface area contributed by atoms with Crippen LogP contribution in [0.1, 0.15) is 110 Å². The van der Waals surface area contributed by atoms with Gasteiger partial charge in [0.2, 0.25) is 5.79 Å². The highest BCUT2D eigenvalue weighted by molar-refractivity contribution is 5.79. The summed E-state index contributed by atoms with van der Waals surface area (Å²) in [6.45, 7) is 1.60. The Kier molecular flexibility index (Phi) is 14.8. The molecular weight excluding hydrogens is 400 g/mol. The van der Waals surface area contributed by atoms with E-state index < -0.39 is 43.2 Å². The van der Waals surface area contributed by atoms with Crippen molar-refractivity contribution in [1.82, 2.24) is 0 Å². The molecule has 1 rings (SSSR count). The van der Waals surface area contributed by atoms with Crippen molar-refractivity contribution in [2.24, 2.45) is 0 Å². The van der Waals surface area contributed by atoms with Crippen LogP contribution in [-0.2, 0) is 9.53 Å². The summed E-state index contributed by atoms with van der Waals surface area (Å²) in [7, 11) is 0. The van der Waals surface area contributed by atoms with Gasteiger partial charge in [0.1, 0.15) is 30.2 Å². The van der Waals surface area contributed by atoms with Crippen LogP contribution in [0.3, 0.4) is 0 Å². The Morgan fingerprint density at radius 1 is 0.774 bits per heavy atom. The molecule has 0 aromatic rings. The largest absolute Gasteiger partial charge is 0.394 e. The fourth-order valence-corrected chi connectivity index (χ4v) is 4.25. The van der Waals surface area contributed by atoms with Crippen molar-refractivity contribution in [2.45, 2.75) is 140 Å². The Hall–Kier alpha value is -0.570. The Balaban J connectivity index is 2.06. The van der Waals surface area contributed by atoms with Crippen LogP contribution in [0.15, 0.2) is 0 Å². The van der Waals surface area contributed by atoms with Gasteiger partial charge in [-0.3, -0.25) is 4.79 Å². The standard InChI is InChI=1S/C24H46O7/c1-2-3-4-5-6-7-8-9-10-11-12-13-14-15-16-19(26)17-24(30)23(29)22(28)21(27)20(18-25)31-24/h20-23,25,27-30H,2-18H2,1H3/t20-,21+,22+,23-,24+/m1/s1. The summed E-state index contributed by atoms with van der Waals surface area (Å²) in [6.07, 6.45) is 10.7.